The van der Waals surface area contributed by atoms with Crippen molar-refractivity contribution in [3.63, 3.8) is 0 Å². The minimum Gasteiger partial charge on any atom is -0.444 e. The Hall–Kier alpha value is -9.01. The lowest BCUT2D eigenvalue weighted by atomic mass is 10.0. The maximum atomic E-state index is 12.0. The van der Waals surface area contributed by atoms with Crippen molar-refractivity contribution in [1.82, 2.24) is 79.4 Å². The first-order valence-corrected chi connectivity index (χ1v) is 45.5. The van der Waals surface area contributed by atoms with Gasteiger partial charge in [-0.15, -0.1) is 0 Å². The minimum absolute atomic E-state index is 0.502. The molecule has 8 aliphatic heterocycles. The summed E-state index contributed by atoms with van der Waals surface area (Å²) in [5.74, 6) is 0. The van der Waals surface area contributed by atoms with Crippen molar-refractivity contribution in [1.29, 1.82) is 0 Å². The number of anilines is 6. The number of amides is 1. The molecule has 12 aromatic rings. The zero-order chi connectivity index (χ0) is 78.9. The molecule has 0 aromatic carbocycles. The summed E-state index contributed by atoms with van der Waals surface area (Å²) < 4.78 is 19.7. The van der Waals surface area contributed by atoms with E-state index in [9.17, 15) is 4.79 Å². The molecule has 30 heteroatoms. The van der Waals surface area contributed by atoms with Crippen LogP contribution >= 0.6 is 45.3 Å². The lowest BCUT2D eigenvalue weighted by Gasteiger charge is -2.40. The number of nitrogens with one attached hydrogen (secondary N) is 1. The van der Waals surface area contributed by atoms with Gasteiger partial charge in [0.05, 0.1) is 19.2 Å². The summed E-state index contributed by atoms with van der Waals surface area (Å²) in [5.41, 5.74) is 17.0. The van der Waals surface area contributed by atoms with Crippen LogP contribution in [0, 0.1) is 6.92 Å². The van der Waals surface area contributed by atoms with Gasteiger partial charge in [-0.25, -0.2) is 34.7 Å². The third-order valence-corrected chi connectivity index (χ3v) is 27.9. The standard InChI is InChI=1S/C24H32N6O2S2.C22H27N5O.C21H25N5O.C19H24N6S2/c1-24(2,3)32-23(31)28-21-26-15-19(33-21)16-13-18-20(25-14-16)27-22(34-18)30-11-7-17(8-12-30)29-9-5-4-6-10-29;1-16-11-17(14-23-13-16)18-12-20-21(24-15-18)25-22(28-20)27-9-5-19(6-10-27)26-7-3-2-4-8-26;1-2-10-25(11-3-1)18-6-12-26(13-7-18)21-24-20-19(27-21)14-17(15-23-20)16-4-8-22-9-5-16;20-18-22-12-16(26-18)13-10-15-17(21-11-13)23-19(27-15)25-8-4-14(5-9-25)24-6-2-1-3-7-24/h13-15,17H,4-12H2,1-3H3,(H,26,28,31);11-15,19H,2-10H2,1H3;4-5,8-9,14-15,18H,1-3,6-7,10-13H2;10-12,14H,1-9H2,(H2,20,22). The molecular weight excluding hydrogens is 1530 g/mol. The van der Waals surface area contributed by atoms with Crippen LogP contribution in [0.4, 0.5) is 37.4 Å². The fourth-order valence-electron chi connectivity index (χ4n) is 17.7. The number of pyridine rings is 6. The van der Waals surface area contributed by atoms with Crippen LogP contribution in [0.1, 0.15) is 155 Å². The smallest absolute Gasteiger partial charge is 0.413 e. The van der Waals surface area contributed by atoms with Gasteiger partial charge in [0.25, 0.3) is 12.0 Å². The second-order valence-corrected chi connectivity index (χ2v) is 37.2. The Kier molecular flexibility index (Phi) is 25.3. The molecule has 0 unspecified atom stereocenters. The molecule has 0 saturated carbocycles. The van der Waals surface area contributed by atoms with E-state index in [2.05, 4.69) is 113 Å². The van der Waals surface area contributed by atoms with Gasteiger partial charge >= 0.3 is 6.09 Å². The van der Waals surface area contributed by atoms with Gasteiger partial charge < -0.3 is 58.5 Å². The predicted octanol–water partition coefficient (Wildman–Crippen LogP) is 17.3. The highest BCUT2D eigenvalue weighted by atomic mass is 32.1. The number of likely N-dealkylation sites (tertiary alicyclic amines) is 4. The number of nitrogens with zero attached hydrogens (tertiary/aromatic N) is 20. The highest BCUT2D eigenvalue weighted by Gasteiger charge is 2.33. The van der Waals surface area contributed by atoms with Crippen LogP contribution < -0.4 is 30.7 Å². The monoisotopic (exact) mass is 1640 g/mol. The SMILES string of the molecule is CC(C)(C)OC(=O)Nc1ncc(-c2cnc3nc(N4CCC(N5CCCCC5)CC4)sc3c2)s1.Cc1cncc(-c2cnc3nc(N4CCC(N5CCCCC5)CC4)oc3c2)c1.Nc1ncc(-c2cnc3nc(N4CCC(N5CCCCC5)CC4)sc3c2)s1.c1cc(-c2cnc3nc(N4CCC(N5CCCCC5)CC4)oc3c2)ccn1. The summed E-state index contributed by atoms with van der Waals surface area (Å²) >= 11 is 6.35. The molecule has 20 heterocycles. The molecule has 26 nitrogen and oxygen atoms in total. The number of rotatable bonds is 13. The topological polar surface area (TPSA) is 271 Å². The van der Waals surface area contributed by atoms with Crippen molar-refractivity contribution in [3.8, 4) is 43.1 Å². The Morgan fingerprint density at radius 3 is 1.23 bits per heavy atom. The number of piperidine rings is 8. The third-order valence-electron chi connectivity index (χ3n) is 23.9. The van der Waals surface area contributed by atoms with Gasteiger partial charge in [-0.3, -0.25) is 15.3 Å². The molecule has 8 fully saturated rings. The van der Waals surface area contributed by atoms with Crippen molar-refractivity contribution < 1.29 is 18.4 Å². The second kappa shape index (κ2) is 36.9. The highest BCUT2D eigenvalue weighted by Crippen LogP contribution is 2.40. The van der Waals surface area contributed by atoms with Crippen LogP contribution in [0.2, 0.25) is 0 Å². The Morgan fingerprint density at radius 1 is 0.414 bits per heavy atom. The van der Waals surface area contributed by atoms with Crippen molar-refractivity contribution in [3.05, 3.63) is 110 Å². The second-order valence-electron chi connectivity index (χ2n) is 33.1. The van der Waals surface area contributed by atoms with E-state index in [1.807, 2.05) is 95.3 Å². The molecule has 8 aliphatic rings. The minimum atomic E-state index is -0.550. The molecule has 1 amide bonds. The van der Waals surface area contributed by atoms with Crippen LogP contribution in [-0.2, 0) is 4.74 Å². The Labute approximate surface area is 694 Å². The fraction of sp³-hybridized carbons (Fsp3) is 0.523. The van der Waals surface area contributed by atoms with E-state index in [0.29, 0.717) is 33.6 Å². The largest absolute Gasteiger partial charge is 0.444 e. The van der Waals surface area contributed by atoms with Crippen LogP contribution in [0.15, 0.2) is 113 Å². The van der Waals surface area contributed by atoms with E-state index in [-0.39, 0.29) is 0 Å². The van der Waals surface area contributed by atoms with Gasteiger partial charge in [0.15, 0.2) is 43.0 Å². The van der Waals surface area contributed by atoms with E-state index in [1.165, 1.54) is 203 Å². The summed E-state index contributed by atoms with van der Waals surface area (Å²) in [4.78, 5) is 88.1. The first kappa shape index (κ1) is 79.5. The summed E-state index contributed by atoms with van der Waals surface area (Å²) in [7, 11) is 0. The zero-order valence-electron chi connectivity index (χ0n) is 67.4. The average molecular weight is 1640 g/mol. The van der Waals surface area contributed by atoms with Crippen LogP contribution in [0.5, 0.6) is 0 Å². The van der Waals surface area contributed by atoms with E-state index >= 15 is 0 Å². The summed E-state index contributed by atoms with van der Waals surface area (Å²) in [6, 6.07) is 18.7. The molecule has 12 aromatic heterocycles. The molecule has 0 spiro atoms. The molecule has 0 bridgehead atoms. The number of carbonyl (C=O) groups is 1. The number of fused-ring (bicyclic) bond motifs is 4. The summed E-state index contributed by atoms with van der Waals surface area (Å²) in [5, 5.41) is 5.97. The molecular formula is C86H108N22O4S4. The number of ether oxygens (including phenoxy) is 1. The molecule has 3 N–H and O–H groups in total. The van der Waals surface area contributed by atoms with Gasteiger partial charge in [-0.1, -0.05) is 71.0 Å². The number of aromatic nitrogens is 12. The van der Waals surface area contributed by atoms with Crippen molar-refractivity contribution in [2.45, 2.75) is 186 Å². The first-order chi connectivity index (χ1) is 56.7. The Bertz CT molecular complexity index is 5200. The van der Waals surface area contributed by atoms with Gasteiger partial charge in [0.2, 0.25) is 11.3 Å². The van der Waals surface area contributed by atoms with Gasteiger partial charge in [-0.05, 0) is 236 Å². The number of carbonyl (C=O) groups excluding carboxylic acids is 1. The number of oxazole rings is 2. The highest BCUT2D eigenvalue weighted by molar-refractivity contribution is 7.23. The molecule has 0 atom stereocenters. The molecule has 20 rings (SSSR count). The lowest BCUT2D eigenvalue weighted by molar-refractivity contribution is 0.0635. The molecule has 116 heavy (non-hydrogen) atoms. The maximum Gasteiger partial charge on any atom is 0.413 e. The van der Waals surface area contributed by atoms with Crippen LogP contribution in [-0.4, -0.2) is 220 Å². The number of thiazole rings is 4. The molecule has 0 radical (unpaired) electrons. The number of nitrogen functional groups attached to an aromatic ring is 1. The molecule has 8 saturated heterocycles. The Morgan fingerprint density at radius 2 is 0.810 bits per heavy atom. The van der Waals surface area contributed by atoms with E-state index in [4.69, 9.17) is 29.3 Å². The molecule has 0 aliphatic carbocycles. The fourth-order valence-corrected chi connectivity index (χ4v) is 21.2. The number of hydrogen-bond donors (Lipinski definition) is 2. The van der Waals surface area contributed by atoms with Gasteiger partial charge in [0.1, 0.15) is 5.60 Å². The van der Waals surface area contributed by atoms with Gasteiger partial charge in [0, 0.05) is 166 Å². The predicted molar refractivity (Wildman–Crippen MR) is 469 cm³/mol. The molecule has 610 valence electrons. The van der Waals surface area contributed by atoms with Crippen molar-refractivity contribution >= 4 is 127 Å². The Balaban J connectivity index is 0.000000112. The summed E-state index contributed by atoms with van der Waals surface area (Å²) in [6.45, 7) is 26.1. The lowest BCUT2D eigenvalue weighted by Crippen LogP contribution is -2.46. The van der Waals surface area contributed by atoms with E-state index in [0.717, 1.165) is 167 Å². The van der Waals surface area contributed by atoms with Crippen molar-refractivity contribution in [2.75, 3.05) is 135 Å². The third kappa shape index (κ3) is 19.7. The van der Waals surface area contributed by atoms with E-state index in [1.54, 1.807) is 41.3 Å². The van der Waals surface area contributed by atoms with Crippen LogP contribution in [0.3, 0.4) is 0 Å². The first-order valence-electron chi connectivity index (χ1n) is 42.3. The quantitative estimate of drug-likeness (QED) is 0.109. The number of hydrogen-bond acceptors (Lipinski definition) is 29. The van der Waals surface area contributed by atoms with Gasteiger partial charge in [-0.2, -0.15) is 19.9 Å². The number of aryl methyl sites for hydroxylation is 1. The average Bonchev–Trinajstić information content (AvgIpc) is 1.67. The summed E-state index contributed by atoms with van der Waals surface area (Å²) in [6.07, 6.45) is 43.9. The zero-order valence-corrected chi connectivity index (χ0v) is 70.6. The normalized spacial score (nSPS) is 19.2. The van der Waals surface area contributed by atoms with Crippen molar-refractivity contribution in [2.24, 2.45) is 0 Å². The van der Waals surface area contributed by atoms with E-state index < -0.39 is 11.7 Å². The number of nitrogens with two attached hydrogens (primary N) is 1. The maximum absolute atomic E-state index is 12.0. The van der Waals surface area contributed by atoms with Crippen LogP contribution in [0.25, 0.3) is 86.3 Å².